The van der Waals surface area contributed by atoms with Crippen molar-refractivity contribution in [1.29, 1.82) is 0 Å². The second kappa shape index (κ2) is 6.34. The third-order valence-corrected chi connectivity index (χ3v) is 3.78. The van der Waals surface area contributed by atoms with E-state index in [9.17, 15) is 4.79 Å². The molecule has 1 aromatic carbocycles. The highest BCUT2D eigenvalue weighted by atomic mass is 79.9. The summed E-state index contributed by atoms with van der Waals surface area (Å²) in [5.74, 6) is 0.0837. The second-order valence-corrected chi connectivity index (χ2v) is 5.80. The van der Waals surface area contributed by atoms with Crippen LogP contribution >= 0.6 is 15.9 Å². The Bertz CT molecular complexity index is 414. The lowest BCUT2D eigenvalue weighted by atomic mass is 10.0. The number of hydrogen-bond acceptors (Lipinski definition) is 2. The zero-order valence-corrected chi connectivity index (χ0v) is 12.2. The molecular formula is C14H19BrN2O. The van der Waals surface area contributed by atoms with Crippen LogP contribution in [0.4, 0.5) is 0 Å². The van der Waals surface area contributed by atoms with E-state index in [1.54, 1.807) is 6.92 Å². The molecule has 1 aromatic rings. The van der Waals surface area contributed by atoms with Gasteiger partial charge in [-0.25, -0.2) is 0 Å². The van der Waals surface area contributed by atoms with Crippen LogP contribution in [0.1, 0.15) is 25.3 Å². The summed E-state index contributed by atoms with van der Waals surface area (Å²) in [7, 11) is 0. The molecule has 18 heavy (non-hydrogen) atoms. The number of hydrogen-bond donors (Lipinski definition) is 1. The van der Waals surface area contributed by atoms with E-state index >= 15 is 0 Å². The van der Waals surface area contributed by atoms with Crippen molar-refractivity contribution in [2.75, 3.05) is 13.1 Å². The summed E-state index contributed by atoms with van der Waals surface area (Å²) in [6.07, 6.45) is 2.10. The Kier molecular flexibility index (Phi) is 4.78. The maximum absolute atomic E-state index is 11.0. The first-order valence-electron chi connectivity index (χ1n) is 6.37. The summed E-state index contributed by atoms with van der Waals surface area (Å²) in [5.41, 5.74) is 1.34. The predicted molar refractivity (Wildman–Crippen MR) is 76.3 cm³/mol. The molecule has 0 radical (unpaired) electrons. The van der Waals surface area contributed by atoms with Crippen LogP contribution in [0.25, 0.3) is 0 Å². The number of halogens is 1. The first kappa shape index (κ1) is 13.6. The van der Waals surface area contributed by atoms with Gasteiger partial charge in [0.2, 0.25) is 5.91 Å². The van der Waals surface area contributed by atoms with Crippen molar-refractivity contribution in [2.24, 2.45) is 0 Å². The average Bonchev–Trinajstić information content (AvgIpc) is 2.31. The van der Waals surface area contributed by atoms with Gasteiger partial charge >= 0.3 is 0 Å². The molecule has 1 amide bonds. The number of nitrogens with one attached hydrogen (secondary N) is 1. The Hall–Kier alpha value is -0.870. The quantitative estimate of drug-likeness (QED) is 0.930. The zero-order valence-electron chi connectivity index (χ0n) is 10.7. The average molecular weight is 311 g/mol. The molecule has 1 aliphatic heterocycles. The van der Waals surface area contributed by atoms with Gasteiger partial charge in [-0.3, -0.25) is 9.69 Å². The Morgan fingerprint density at radius 1 is 1.44 bits per heavy atom. The number of piperidine rings is 1. The highest BCUT2D eigenvalue weighted by molar-refractivity contribution is 9.10. The van der Waals surface area contributed by atoms with Crippen LogP contribution < -0.4 is 5.32 Å². The number of likely N-dealkylation sites (tertiary alicyclic amines) is 1. The molecule has 98 valence electrons. The number of carbonyl (C=O) groups excluding carboxylic acids is 1. The summed E-state index contributed by atoms with van der Waals surface area (Å²) >= 11 is 3.50. The fourth-order valence-corrected chi connectivity index (χ4v) is 2.86. The summed E-state index contributed by atoms with van der Waals surface area (Å²) in [6, 6.07) is 8.81. The summed E-state index contributed by atoms with van der Waals surface area (Å²) in [5, 5.41) is 3.00. The molecule has 1 heterocycles. The Labute approximate surface area is 117 Å². The number of carbonyl (C=O) groups is 1. The van der Waals surface area contributed by atoms with Crippen molar-refractivity contribution in [1.82, 2.24) is 10.2 Å². The minimum atomic E-state index is 0.0837. The summed E-state index contributed by atoms with van der Waals surface area (Å²) in [6.45, 7) is 4.69. The molecule has 3 nitrogen and oxygen atoms in total. The van der Waals surface area contributed by atoms with Gasteiger partial charge in [0.15, 0.2) is 0 Å². The Morgan fingerprint density at radius 3 is 2.78 bits per heavy atom. The van der Waals surface area contributed by atoms with E-state index in [0.717, 1.165) is 36.9 Å². The van der Waals surface area contributed by atoms with Gasteiger partial charge in [-0.1, -0.05) is 28.1 Å². The Balaban J connectivity index is 1.81. The van der Waals surface area contributed by atoms with Crippen molar-refractivity contribution in [3.05, 3.63) is 34.3 Å². The van der Waals surface area contributed by atoms with Gasteiger partial charge in [-0.2, -0.15) is 0 Å². The maximum Gasteiger partial charge on any atom is 0.217 e. The molecule has 0 unspecified atom stereocenters. The number of amides is 1. The van der Waals surface area contributed by atoms with Crippen molar-refractivity contribution in [2.45, 2.75) is 32.4 Å². The molecule has 0 saturated carbocycles. The van der Waals surface area contributed by atoms with E-state index in [-0.39, 0.29) is 5.91 Å². The highest BCUT2D eigenvalue weighted by Gasteiger charge is 2.19. The van der Waals surface area contributed by atoms with Crippen LogP contribution in [-0.2, 0) is 11.3 Å². The van der Waals surface area contributed by atoms with Crippen molar-refractivity contribution < 1.29 is 4.79 Å². The van der Waals surface area contributed by atoms with Gasteiger partial charge in [0.1, 0.15) is 0 Å². The molecule has 0 aliphatic carbocycles. The standard InChI is InChI=1S/C14H19BrN2O/c1-11(18)16-14-5-7-17(8-6-14)10-12-3-2-4-13(15)9-12/h2-4,9,14H,5-8,10H2,1H3,(H,16,18). The van der Waals surface area contributed by atoms with Crippen LogP contribution in [0.15, 0.2) is 28.7 Å². The first-order valence-corrected chi connectivity index (χ1v) is 7.16. The Morgan fingerprint density at radius 2 is 2.17 bits per heavy atom. The molecule has 0 aromatic heterocycles. The van der Waals surface area contributed by atoms with Gasteiger partial charge in [0, 0.05) is 37.1 Å². The molecule has 0 atom stereocenters. The van der Waals surface area contributed by atoms with Crippen LogP contribution in [-0.4, -0.2) is 29.9 Å². The molecule has 4 heteroatoms. The van der Waals surface area contributed by atoms with Crippen molar-refractivity contribution >= 4 is 21.8 Å². The van der Waals surface area contributed by atoms with Crippen molar-refractivity contribution in [3.8, 4) is 0 Å². The largest absolute Gasteiger partial charge is 0.354 e. The maximum atomic E-state index is 11.0. The summed E-state index contributed by atoms with van der Waals surface area (Å²) in [4.78, 5) is 13.4. The molecule has 1 N–H and O–H groups in total. The molecule has 0 bridgehead atoms. The normalized spacial score (nSPS) is 17.7. The lowest BCUT2D eigenvalue weighted by Gasteiger charge is -2.32. The SMILES string of the molecule is CC(=O)NC1CCN(Cc2cccc(Br)c2)CC1. The van der Waals surface area contributed by atoms with Crippen LogP contribution in [0.2, 0.25) is 0 Å². The van der Waals surface area contributed by atoms with Crippen LogP contribution in [0.3, 0.4) is 0 Å². The number of nitrogens with zero attached hydrogens (tertiary/aromatic N) is 1. The monoisotopic (exact) mass is 310 g/mol. The molecule has 1 aliphatic rings. The smallest absolute Gasteiger partial charge is 0.217 e. The molecule has 2 rings (SSSR count). The van der Waals surface area contributed by atoms with Crippen LogP contribution in [0, 0.1) is 0 Å². The zero-order chi connectivity index (χ0) is 13.0. The lowest BCUT2D eigenvalue weighted by Crippen LogP contribution is -2.43. The number of benzene rings is 1. The molecule has 1 saturated heterocycles. The third-order valence-electron chi connectivity index (χ3n) is 3.29. The van der Waals surface area contributed by atoms with E-state index < -0.39 is 0 Å². The second-order valence-electron chi connectivity index (χ2n) is 4.88. The fourth-order valence-electron chi connectivity index (χ4n) is 2.42. The van der Waals surface area contributed by atoms with Gasteiger partial charge in [-0.15, -0.1) is 0 Å². The highest BCUT2D eigenvalue weighted by Crippen LogP contribution is 2.16. The van der Waals surface area contributed by atoms with Crippen LogP contribution in [0.5, 0.6) is 0 Å². The summed E-state index contributed by atoms with van der Waals surface area (Å²) < 4.78 is 1.13. The van der Waals surface area contributed by atoms with E-state index in [4.69, 9.17) is 0 Å². The minimum Gasteiger partial charge on any atom is -0.354 e. The third kappa shape index (κ3) is 4.10. The number of rotatable bonds is 3. The molecule has 0 spiro atoms. The van der Waals surface area contributed by atoms with Gasteiger partial charge < -0.3 is 5.32 Å². The van der Waals surface area contributed by atoms with Crippen molar-refractivity contribution in [3.63, 3.8) is 0 Å². The van der Waals surface area contributed by atoms with Gasteiger partial charge in [0.05, 0.1) is 0 Å². The van der Waals surface area contributed by atoms with E-state index in [1.807, 2.05) is 6.07 Å². The van der Waals surface area contributed by atoms with E-state index in [1.165, 1.54) is 5.56 Å². The van der Waals surface area contributed by atoms with E-state index in [0.29, 0.717) is 6.04 Å². The molecule has 1 fully saturated rings. The minimum absolute atomic E-state index is 0.0837. The van der Waals surface area contributed by atoms with Gasteiger partial charge in [-0.05, 0) is 30.5 Å². The first-order chi connectivity index (χ1) is 8.63. The fraction of sp³-hybridized carbons (Fsp3) is 0.500. The molecular weight excluding hydrogens is 292 g/mol. The predicted octanol–water partition coefficient (Wildman–Crippen LogP) is 2.55. The lowest BCUT2D eigenvalue weighted by molar-refractivity contribution is -0.119. The topological polar surface area (TPSA) is 32.3 Å². The van der Waals surface area contributed by atoms with Gasteiger partial charge in [0.25, 0.3) is 0 Å². The van der Waals surface area contributed by atoms with E-state index in [2.05, 4.69) is 44.3 Å².